The number of hydrazine groups is 1. The summed E-state index contributed by atoms with van der Waals surface area (Å²) in [5, 5.41) is 10.1. The Hall–Kier alpha value is -2.08. The van der Waals surface area contributed by atoms with Gasteiger partial charge in [0.05, 0.1) is 4.90 Å². The molecule has 1 aromatic carbocycles. The Labute approximate surface area is 141 Å². The van der Waals surface area contributed by atoms with E-state index in [0.717, 1.165) is 12.8 Å². The quantitative estimate of drug-likeness (QED) is 0.516. The van der Waals surface area contributed by atoms with E-state index in [9.17, 15) is 18.3 Å². The highest BCUT2D eigenvalue weighted by molar-refractivity contribution is 7.89. The number of nitrogens with one attached hydrogen (secondary N) is 2. The zero-order valence-corrected chi connectivity index (χ0v) is 14.1. The maximum atomic E-state index is 12.2. The average molecular weight is 352 g/mol. The van der Waals surface area contributed by atoms with Crippen LogP contribution in [0.2, 0.25) is 0 Å². The van der Waals surface area contributed by atoms with E-state index in [4.69, 9.17) is 4.74 Å². The fourth-order valence-electron chi connectivity index (χ4n) is 2.38. The number of amides is 1. The van der Waals surface area contributed by atoms with E-state index < -0.39 is 21.5 Å². The highest BCUT2D eigenvalue weighted by Gasteiger charge is 2.39. The number of benzene rings is 1. The van der Waals surface area contributed by atoms with Gasteiger partial charge in [-0.15, -0.1) is 10.8 Å². The van der Waals surface area contributed by atoms with Crippen molar-refractivity contribution in [1.82, 2.24) is 10.3 Å². The first kappa shape index (κ1) is 18.3. The molecule has 0 radical (unpaired) electrons. The van der Waals surface area contributed by atoms with Gasteiger partial charge in [0.2, 0.25) is 0 Å². The van der Waals surface area contributed by atoms with Crippen LogP contribution in [0.25, 0.3) is 0 Å². The molecule has 130 valence electrons. The molecule has 0 atom stereocenters. The van der Waals surface area contributed by atoms with E-state index in [1.807, 2.05) is 4.83 Å². The third-order valence-corrected chi connectivity index (χ3v) is 5.04. The predicted molar refractivity (Wildman–Crippen MR) is 87.3 cm³/mol. The topological polar surface area (TPSA) is 105 Å². The molecule has 24 heavy (non-hydrogen) atoms. The molecule has 0 heterocycles. The van der Waals surface area contributed by atoms with Gasteiger partial charge in [-0.25, -0.2) is 8.42 Å². The van der Waals surface area contributed by atoms with E-state index >= 15 is 0 Å². The van der Waals surface area contributed by atoms with Gasteiger partial charge in [0.1, 0.15) is 18.0 Å². The van der Waals surface area contributed by atoms with Crippen LogP contribution in [0.5, 0.6) is 5.75 Å². The minimum atomic E-state index is -3.93. The molecular formula is C16H20N2O5S. The summed E-state index contributed by atoms with van der Waals surface area (Å²) in [6, 6.07) is 5.71. The highest BCUT2D eigenvalue weighted by atomic mass is 32.2. The lowest BCUT2D eigenvalue weighted by Gasteiger charge is -2.21. The van der Waals surface area contributed by atoms with Crippen molar-refractivity contribution in [3.05, 3.63) is 24.3 Å². The fraction of sp³-hybridized carbons (Fsp3) is 0.438. The number of hydrogen-bond acceptors (Lipinski definition) is 5. The van der Waals surface area contributed by atoms with Crippen LogP contribution < -0.4 is 15.0 Å². The lowest BCUT2D eigenvalue weighted by molar-refractivity contribution is -0.139. The number of aliphatic hydroxyl groups is 1. The molecule has 3 N–H and O–H groups in total. The minimum absolute atomic E-state index is 0.0323. The fourth-order valence-corrected chi connectivity index (χ4v) is 3.22. The molecular weight excluding hydrogens is 332 g/mol. The van der Waals surface area contributed by atoms with E-state index in [1.165, 1.54) is 24.3 Å². The second-order valence-corrected chi connectivity index (χ2v) is 7.17. The smallest absolute Gasteiger partial charge is 0.266 e. The van der Waals surface area contributed by atoms with Gasteiger partial charge in [0.25, 0.3) is 15.9 Å². The minimum Gasteiger partial charge on any atom is -0.481 e. The van der Waals surface area contributed by atoms with Crippen LogP contribution in [-0.4, -0.2) is 31.6 Å². The van der Waals surface area contributed by atoms with Gasteiger partial charge in [-0.1, -0.05) is 5.92 Å². The maximum Gasteiger partial charge on any atom is 0.266 e. The van der Waals surface area contributed by atoms with Crippen LogP contribution in [0.3, 0.4) is 0 Å². The zero-order chi connectivity index (χ0) is 17.6. The molecule has 0 bridgehead atoms. The number of hydrogen-bond donors (Lipinski definition) is 3. The molecule has 0 spiro atoms. The zero-order valence-electron chi connectivity index (χ0n) is 13.3. The average Bonchev–Trinajstić information content (AvgIpc) is 3.01. The Morgan fingerprint density at radius 1 is 1.29 bits per heavy atom. The Kier molecular flexibility index (Phi) is 5.83. The first-order valence-corrected chi connectivity index (χ1v) is 9.03. The SMILES string of the molecule is CC#CCOc1ccc(S(=O)(=O)NNC(=O)C2(O)CCCC2)cc1. The van der Waals surface area contributed by atoms with E-state index in [-0.39, 0.29) is 11.5 Å². The largest absolute Gasteiger partial charge is 0.481 e. The summed E-state index contributed by atoms with van der Waals surface area (Å²) in [5.41, 5.74) is 0.584. The summed E-state index contributed by atoms with van der Waals surface area (Å²) in [6.45, 7) is 1.91. The third kappa shape index (κ3) is 4.47. The number of rotatable bonds is 6. The summed E-state index contributed by atoms with van der Waals surface area (Å²) >= 11 is 0. The maximum absolute atomic E-state index is 12.2. The van der Waals surface area contributed by atoms with E-state index in [2.05, 4.69) is 17.3 Å². The van der Waals surface area contributed by atoms with Crippen molar-refractivity contribution in [3.8, 4) is 17.6 Å². The molecule has 0 unspecified atom stereocenters. The highest BCUT2D eigenvalue weighted by Crippen LogP contribution is 2.29. The lowest BCUT2D eigenvalue weighted by atomic mass is 10.0. The van der Waals surface area contributed by atoms with Crippen molar-refractivity contribution in [2.24, 2.45) is 0 Å². The van der Waals surface area contributed by atoms with Crippen LogP contribution in [0.4, 0.5) is 0 Å². The Morgan fingerprint density at radius 2 is 1.92 bits per heavy atom. The number of ether oxygens (including phenoxy) is 1. The normalized spacial score (nSPS) is 16.1. The Morgan fingerprint density at radius 3 is 2.50 bits per heavy atom. The van der Waals surface area contributed by atoms with Crippen molar-refractivity contribution in [2.75, 3.05) is 6.61 Å². The summed E-state index contributed by atoms with van der Waals surface area (Å²) in [6.07, 6.45) is 2.13. The van der Waals surface area contributed by atoms with Crippen molar-refractivity contribution in [2.45, 2.75) is 43.1 Å². The van der Waals surface area contributed by atoms with Gasteiger partial charge >= 0.3 is 0 Å². The molecule has 0 aliphatic heterocycles. The lowest BCUT2D eigenvalue weighted by Crippen LogP contribution is -2.51. The van der Waals surface area contributed by atoms with Gasteiger partial charge in [0, 0.05) is 0 Å². The Balaban J connectivity index is 1.96. The second-order valence-electron chi connectivity index (χ2n) is 5.49. The summed E-state index contributed by atoms with van der Waals surface area (Å²) in [5.74, 6) is 5.17. The van der Waals surface area contributed by atoms with E-state index in [1.54, 1.807) is 6.92 Å². The molecule has 1 saturated carbocycles. The molecule has 2 rings (SSSR count). The molecule has 1 aliphatic rings. The standard InChI is InChI=1S/C16H20N2O5S/c1-2-3-12-23-13-6-8-14(9-7-13)24(21,22)18-17-15(19)16(20)10-4-5-11-16/h6-9,18,20H,4-5,10-12H2,1H3,(H,17,19). The third-order valence-electron chi connectivity index (χ3n) is 3.77. The Bertz CT molecular complexity index is 741. The molecule has 1 amide bonds. The molecule has 1 aliphatic carbocycles. The first-order chi connectivity index (χ1) is 11.4. The molecule has 0 saturated heterocycles. The summed E-state index contributed by atoms with van der Waals surface area (Å²) in [7, 11) is -3.93. The van der Waals surface area contributed by atoms with Gasteiger partial charge in [-0.05, 0) is 56.9 Å². The monoisotopic (exact) mass is 352 g/mol. The molecule has 0 aromatic heterocycles. The molecule has 1 aromatic rings. The van der Waals surface area contributed by atoms with Crippen molar-refractivity contribution in [1.29, 1.82) is 0 Å². The molecule has 8 heteroatoms. The number of carbonyl (C=O) groups excluding carboxylic acids is 1. The van der Waals surface area contributed by atoms with Gasteiger partial charge in [-0.2, -0.15) is 0 Å². The van der Waals surface area contributed by atoms with Crippen LogP contribution in [0.15, 0.2) is 29.2 Å². The van der Waals surface area contributed by atoms with Gasteiger partial charge in [0.15, 0.2) is 0 Å². The number of carbonyl (C=O) groups is 1. The molecule has 1 fully saturated rings. The summed E-state index contributed by atoms with van der Waals surface area (Å²) < 4.78 is 29.6. The number of sulfonamides is 1. The second kappa shape index (κ2) is 7.66. The summed E-state index contributed by atoms with van der Waals surface area (Å²) in [4.78, 5) is 13.9. The van der Waals surface area contributed by atoms with Crippen LogP contribution >= 0.6 is 0 Å². The van der Waals surface area contributed by atoms with Gasteiger partial charge < -0.3 is 9.84 Å². The van der Waals surface area contributed by atoms with Crippen LogP contribution in [-0.2, 0) is 14.8 Å². The van der Waals surface area contributed by atoms with Crippen molar-refractivity contribution >= 4 is 15.9 Å². The molecule has 7 nitrogen and oxygen atoms in total. The van der Waals surface area contributed by atoms with Gasteiger partial charge in [-0.3, -0.25) is 10.2 Å². The first-order valence-electron chi connectivity index (χ1n) is 7.54. The van der Waals surface area contributed by atoms with Crippen LogP contribution in [0, 0.1) is 11.8 Å². The van der Waals surface area contributed by atoms with Crippen LogP contribution in [0.1, 0.15) is 32.6 Å². The van der Waals surface area contributed by atoms with Crippen molar-refractivity contribution < 1.29 is 23.1 Å². The van der Waals surface area contributed by atoms with E-state index in [0.29, 0.717) is 18.6 Å². The van der Waals surface area contributed by atoms with Crippen molar-refractivity contribution in [3.63, 3.8) is 0 Å². The predicted octanol–water partition coefficient (Wildman–Crippen LogP) is 0.703.